The molecule has 0 heteroatoms. The van der Waals surface area contributed by atoms with Gasteiger partial charge in [-0.25, -0.2) is 0 Å². The van der Waals surface area contributed by atoms with Crippen LogP contribution in [0, 0.1) is 11.8 Å². The first-order valence-corrected chi connectivity index (χ1v) is 5.14. The van der Waals surface area contributed by atoms with Crippen LogP contribution in [-0.2, 0) is 0 Å². The van der Waals surface area contributed by atoms with Gasteiger partial charge in [0.05, 0.1) is 0 Å². The summed E-state index contributed by atoms with van der Waals surface area (Å²) in [7, 11) is 0. The minimum absolute atomic E-state index is 0.913. The Morgan fingerprint density at radius 1 is 1.25 bits per heavy atom. The van der Waals surface area contributed by atoms with Gasteiger partial charge >= 0.3 is 0 Å². The van der Waals surface area contributed by atoms with Crippen molar-refractivity contribution in [2.75, 3.05) is 0 Å². The summed E-state index contributed by atoms with van der Waals surface area (Å²) in [4.78, 5) is 0. The molecule has 1 rings (SSSR count). The molecule has 1 aliphatic rings. The molecule has 0 aromatic carbocycles. The Kier molecular flexibility index (Phi) is 4.13. The Balaban J connectivity index is 2.43. The van der Waals surface area contributed by atoms with Crippen molar-refractivity contribution in [3.05, 3.63) is 24.3 Å². The van der Waals surface area contributed by atoms with E-state index in [9.17, 15) is 0 Å². The van der Waals surface area contributed by atoms with Crippen molar-refractivity contribution in [1.82, 2.24) is 0 Å². The molecule has 0 fully saturated rings. The lowest BCUT2D eigenvalue weighted by atomic mass is 9.79. The van der Waals surface area contributed by atoms with Crippen molar-refractivity contribution in [2.45, 2.75) is 39.5 Å². The molecular weight excluding hydrogens is 144 g/mol. The molecule has 0 saturated carbocycles. The Morgan fingerprint density at radius 2 is 1.92 bits per heavy atom. The van der Waals surface area contributed by atoms with E-state index >= 15 is 0 Å². The van der Waals surface area contributed by atoms with E-state index in [2.05, 4.69) is 38.2 Å². The Morgan fingerprint density at radius 3 is 2.50 bits per heavy atom. The van der Waals surface area contributed by atoms with Gasteiger partial charge in [0.25, 0.3) is 0 Å². The fourth-order valence-electron chi connectivity index (χ4n) is 2.03. The molecule has 0 radical (unpaired) electrons. The molecule has 0 bridgehead atoms. The number of hydrogen-bond donors (Lipinski definition) is 0. The monoisotopic (exact) mass is 164 g/mol. The zero-order valence-corrected chi connectivity index (χ0v) is 8.29. The van der Waals surface area contributed by atoms with E-state index in [1.807, 2.05) is 0 Å². The molecule has 0 heterocycles. The molecule has 0 aromatic heterocycles. The molecule has 0 unspecified atom stereocenters. The predicted octanol–water partition coefficient (Wildman–Crippen LogP) is 3.95. The van der Waals surface area contributed by atoms with Crippen LogP contribution in [-0.4, -0.2) is 0 Å². The summed E-state index contributed by atoms with van der Waals surface area (Å²) >= 11 is 0. The SMILES string of the molecule is C/C=C/C[C@H]1CC=CC[C@@H]1CC. The summed E-state index contributed by atoms with van der Waals surface area (Å²) < 4.78 is 0. The molecular formula is C12H20. The number of rotatable bonds is 3. The normalized spacial score (nSPS) is 29.8. The van der Waals surface area contributed by atoms with Crippen molar-refractivity contribution < 1.29 is 0 Å². The van der Waals surface area contributed by atoms with Gasteiger partial charge in [0, 0.05) is 0 Å². The Hall–Kier alpha value is -0.520. The van der Waals surface area contributed by atoms with Gasteiger partial charge in [0.15, 0.2) is 0 Å². The quantitative estimate of drug-likeness (QED) is 0.554. The predicted molar refractivity (Wildman–Crippen MR) is 55.1 cm³/mol. The Bertz CT molecular complexity index is 165. The van der Waals surface area contributed by atoms with E-state index in [4.69, 9.17) is 0 Å². The van der Waals surface area contributed by atoms with Crippen LogP contribution in [0.25, 0.3) is 0 Å². The maximum Gasteiger partial charge on any atom is -0.0314 e. The van der Waals surface area contributed by atoms with E-state index in [-0.39, 0.29) is 0 Å². The van der Waals surface area contributed by atoms with E-state index in [1.165, 1.54) is 25.7 Å². The summed E-state index contributed by atoms with van der Waals surface area (Å²) in [5.41, 5.74) is 0. The molecule has 0 spiro atoms. The van der Waals surface area contributed by atoms with E-state index in [0.717, 1.165) is 11.8 Å². The highest BCUT2D eigenvalue weighted by atomic mass is 14.2. The standard InChI is InChI=1S/C12H20/c1-3-5-8-12-10-7-6-9-11(12)4-2/h3,5-7,11-12H,4,8-10H2,1-2H3/b5-3+/t11-,12-/m0/s1. The third-order valence-electron chi connectivity index (χ3n) is 2.91. The molecule has 0 amide bonds. The Labute approximate surface area is 76.4 Å². The molecule has 0 nitrogen and oxygen atoms in total. The lowest BCUT2D eigenvalue weighted by molar-refractivity contribution is 0.316. The molecule has 0 N–H and O–H groups in total. The summed E-state index contributed by atoms with van der Waals surface area (Å²) in [6.07, 6.45) is 14.4. The average molecular weight is 164 g/mol. The lowest BCUT2D eigenvalue weighted by Gasteiger charge is -2.26. The van der Waals surface area contributed by atoms with Crippen LogP contribution < -0.4 is 0 Å². The third kappa shape index (κ3) is 2.51. The van der Waals surface area contributed by atoms with Crippen molar-refractivity contribution in [1.29, 1.82) is 0 Å². The lowest BCUT2D eigenvalue weighted by Crippen LogP contribution is -2.15. The van der Waals surface area contributed by atoms with Crippen LogP contribution in [0.2, 0.25) is 0 Å². The fraction of sp³-hybridized carbons (Fsp3) is 0.667. The van der Waals surface area contributed by atoms with E-state index < -0.39 is 0 Å². The second kappa shape index (κ2) is 5.18. The highest BCUT2D eigenvalue weighted by Gasteiger charge is 2.18. The number of allylic oxidation sites excluding steroid dienone is 4. The minimum atomic E-state index is 0.913. The van der Waals surface area contributed by atoms with E-state index in [0.29, 0.717) is 0 Å². The van der Waals surface area contributed by atoms with Crippen LogP contribution in [0.3, 0.4) is 0 Å². The van der Waals surface area contributed by atoms with Crippen LogP contribution in [0.15, 0.2) is 24.3 Å². The maximum atomic E-state index is 2.35. The van der Waals surface area contributed by atoms with Crippen LogP contribution in [0.5, 0.6) is 0 Å². The minimum Gasteiger partial charge on any atom is -0.0917 e. The molecule has 0 aromatic rings. The van der Waals surface area contributed by atoms with Crippen molar-refractivity contribution >= 4 is 0 Å². The first-order chi connectivity index (χ1) is 5.88. The van der Waals surface area contributed by atoms with Crippen LogP contribution >= 0.6 is 0 Å². The van der Waals surface area contributed by atoms with Gasteiger partial charge in [-0.05, 0) is 38.0 Å². The largest absolute Gasteiger partial charge is 0.0917 e. The molecule has 1 aliphatic carbocycles. The first-order valence-electron chi connectivity index (χ1n) is 5.14. The molecule has 0 saturated heterocycles. The zero-order valence-electron chi connectivity index (χ0n) is 8.29. The van der Waals surface area contributed by atoms with Crippen molar-refractivity contribution in [2.24, 2.45) is 11.8 Å². The van der Waals surface area contributed by atoms with Gasteiger partial charge in [-0.1, -0.05) is 37.6 Å². The zero-order chi connectivity index (χ0) is 8.81. The maximum absolute atomic E-state index is 2.35. The van der Waals surface area contributed by atoms with Crippen molar-refractivity contribution in [3.8, 4) is 0 Å². The van der Waals surface area contributed by atoms with Gasteiger partial charge in [-0.2, -0.15) is 0 Å². The average Bonchev–Trinajstić information content (AvgIpc) is 2.15. The van der Waals surface area contributed by atoms with Gasteiger partial charge in [0.2, 0.25) is 0 Å². The highest BCUT2D eigenvalue weighted by molar-refractivity contribution is 4.96. The smallest absolute Gasteiger partial charge is 0.0314 e. The third-order valence-corrected chi connectivity index (χ3v) is 2.91. The van der Waals surface area contributed by atoms with Gasteiger partial charge in [0.1, 0.15) is 0 Å². The van der Waals surface area contributed by atoms with Crippen LogP contribution in [0.4, 0.5) is 0 Å². The molecule has 12 heavy (non-hydrogen) atoms. The summed E-state index contributed by atoms with van der Waals surface area (Å²) in [6.45, 7) is 4.42. The van der Waals surface area contributed by atoms with Crippen molar-refractivity contribution in [3.63, 3.8) is 0 Å². The summed E-state index contributed by atoms with van der Waals surface area (Å²) in [6, 6.07) is 0. The first kappa shape index (κ1) is 9.57. The second-order valence-corrected chi connectivity index (χ2v) is 3.68. The molecule has 2 atom stereocenters. The molecule has 68 valence electrons. The van der Waals surface area contributed by atoms with Gasteiger partial charge in [-0.15, -0.1) is 0 Å². The summed E-state index contributed by atoms with van der Waals surface area (Å²) in [5, 5.41) is 0. The highest BCUT2D eigenvalue weighted by Crippen LogP contribution is 2.30. The topological polar surface area (TPSA) is 0 Å². The van der Waals surface area contributed by atoms with Gasteiger partial charge in [-0.3, -0.25) is 0 Å². The second-order valence-electron chi connectivity index (χ2n) is 3.68. The fourth-order valence-corrected chi connectivity index (χ4v) is 2.03. The van der Waals surface area contributed by atoms with Crippen LogP contribution in [0.1, 0.15) is 39.5 Å². The number of hydrogen-bond acceptors (Lipinski definition) is 0. The summed E-state index contributed by atoms with van der Waals surface area (Å²) in [5.74, 6) is 1.85. The van der Waals surface area contributed by atoms with E-state index in [1.54, 1.807) is 0 Å². The molecule has 0 aliphatic heterocycles. The van der Waals surface area contributed by atoms with Gasteiger partial charge < -0.3 is 0 Å².